The summed E-state index contributed by atoms with van der Waals surface area (Å²) in [5.41, 5.74) is 0.321. The lowest BCUT2D eigenvalue weighted by Crippen LogP contribution is -2.56. The van der Waals surface area contributed by atoms with Gasteiger partial charge in [-0.25, -0.2) is 0 Å². The lowest BCUT2D eigenvalue weighted by molar-refractivity contribution is -0.0617. The number of fused-ring (bicyclic) bond motifs is 1. The standard InChI is InChI=1S/C16H32N2O/c1-5-9-17-15(16(2,3)4)12-18-10-11-19-14-8-6-7-13(14)18/h13-15,17H,5-12H2,1-4H3. The maximum atomic E-state index is 5.92. The molecule has 1 saturated heterocycles. The Morgan fingerprint density at radius 1 is 1.32 bits per heavy atom. The fourth-order valence-electron chi connectivity index (χ4n) is 3.43. The van der Waals surface area contributed by atoms with Crippen LogP contribution in [0.4, 0.5) is 0 Å². The van der Waals surface area contributed by atoms with Gasteiger partial charge in [-0.15, -0.1) is 0 Å². The van der Waals surface area contributed by atoms with Crippen molar-refractivity contribution in [3.8, 4) is 0 Å². The van der Waals surface area contributed by atoms with E-state index < -0.39 is 0 Å². The van der Waals surface area contributed by atoms with E-state index in [4.69, 9.17) is 4.74 Å². The highest BCUT2D eigenvalue weighted by Gasteiger charge is 2.38. The summed E-state index contributed by atoms with van der Waals surface area (Å²) in [6.07, 6.45) is 5.66. The van der Waals surface area contributed by atoms with E-state index >= 15 is 0 Å². The molecule has 1 N–H and O–H groups in total. The van der Waals surface area contributed by atoms with Gasteiger partial charge < -0.3 is 10.1 Å². The second-order valence-electron chi connectivity index (χ2n) is 7.28. The van der Waals surface area contributed by atoms with E-state index in [1.54, 1.807) is 0 Å². The molecule has 2 aliphatic rings. The monoisotopic (exact) mass is 268 g/mol. The Hall–Kier alpha value is -0.120. The summed E-state index contributed by atoms with van der Waals surface area (Å²) >= 11 is 0. The summed E-state index contributed by atoms with van der Waals surface area (Å²) in [4.78, 5) is 2.69. The summed E-state index contributed by atoms with van der Waals surface area (Å²) in [6.45, 7) is 13.6. The predicted molar refractivity (Wildman–Crippen MR) is 80.5 cm³/mol. The number of nitrogens with one attached hydrogen (secondary N) is 1. The zero-order valence-electron chi connectivity index (χ0n) is 13.2. The van der Waals surface area contributed by atoms with Crippen LogP contribution in [0.25, 0.3) is 0 Å². The fraction of sp³-hybridized carbons (Fsp3) is 1.00. The van der Waals surface area contributed by atoms with Crippen LogP contribution in [-0.4, -0.2) is 49.3 Å². The first-order chi connectivity index (χ1) is 9.02. The van der Waals surface area contributed by atoms with E-state index in [-0.39, 0.29) is 0 Å². The van der Waals surface area contributed by atoms with E-state index in [1.165, 1.54) is 32.2 Å². The summed E-state index contributed by atoms with van der Waals surface area (Å²) in [7, 11) is 0. The van der Waals surface area contributed by atoms with Gasteiger partial charge in [-0.05, 0) is 37.6 Å². The Labute approximate surface area is 119 Å². The van der Waals surface area contributed by atoms with Gasteiger partial charge >= 0.3 is 0 Å². The van der Waals surface area contributed by atoms with Crippen LogP contribution in [0.2, 0.25) is 0 Å². The molecule has 1 heterocycles. The molecule has 0 aromatic carbocycles. The zero-order chi connectivity index (χ0) is 13.9. The molecule has 0 amide bonds. The minimum Gasteiger partial charge on any atom is -0.375 e. The van der Waals surface area contributed by atoms with Crippen molar-refractivity contribution < 1.29 is 4.74 Å². The number of morpholine rings is 1. The molecular weight excluding hydrogens is 236 g/mol. The Kier molecular flexibility index (Phi) is 5.27. The smallest absolute Gasteiger partial charge is 0.0730 e. The molecule has 3 unspecified atom stereocenters. The Morgan fingerprint density at radius 2 is 2.11 bits per heavy atom. The van der Waals surface area contributed by atoms with E-state index in [0.29, 0.717) is 23.6 Å². The minimum absolute atomic E-state index is 0.321. The maximum absolute atomic E-state index is 5.92. The molecule has 1 aliphatic carbocycles. The molecule has 0 bridgehead atoms. The summed E-state index contributed by atoms with van der Waals surface area (Å²) < 4.78 is 5.92. The van der Waals surface area contributed by atoms with Gasteiger partial charge in [0.2, 0.25) is 0 Å². The first-order valence-electron chi connectivity index (χ1n) is 8.11. The highest BCUT2D eigenvalue weighted by atomic mass is 16.5. The Bertz CT molecular complexity index is 274. The van der Waals surface area contributed by atoms with Crippen LogP contribution in [0.15, 0.2) is 0 Å². The first kappa shape index (κ1) is 15.3. The lowest BCUT2D eigenvalue weighted by Gasteiger charge is -2.42. The third-order valence-electron chi connectivity index (χ3n) is 4.70. The second-order valence-corrected chi connectivity index (χ2v) is 7.28. The molecule has 3 nitrogen and oxygen atoms in total. The normalized spacial score (nSPS) is 30.3. The van der Waals surface area contributed by atoms with E-state index in [0.717, 1.165) is 19.7 Å². The Balaban J connectivity index is 1.95. The van der Waals surface area contributed by atoms with E-state index in [2.05, 4.69) is 37.9 Å². The van der Waals surface area contributed by atoms with Gasteiger partial charge in [0.1, 0.15) is 0 Å². The van der Waals surface area contributed by atoms with Gasteiger partial charge in [-0.2, -0.15) is 0 Å². The molecule has 0 spiro atoms. The number of ether oxygens (including phenoxy) is 1. The van der Waals surface area contributed by atoms with Gasteiger partial charge in [0, 0.05) is 25.2 Å². The SMILES string of the molecule is CCCNC(CN1CCOC2CCCC21)C(C)(C)C. The average molecular weight is 268 g/mol. The third kappa shape index (κ3) is 3.93. The molecule has 0 radical (unpaired) electrons. The van der Waals surface area contributed by atoms with Crippen molar-refractivity contribution in [2.75, 3.05) is 26.2 Å². The molecule has 1 aliphatic heterocycles. The number of nitrogens with zero attached hydrogens (tertiary/aromatic N) is 1. The maximum Gasteiger partial charge on any atom is 0.0730 e. The van der Waals surface area contributed by atoms with Crippen molar-refractivity contribution >= 4 is 0 Å². The highest BCUT2D eigenvalue weighted by Crippen LogP contribution is 2.31. The quantitative estimate of drug-likeness (QED) is 0.829. The van der Waals surface area contributed by atoms with Crippen molar-refractivity contribution in [3.63, 3.8) is 0 Å². The molecule has 3 heteroatoms. The summed E-state index contributed by atoms with van der Waals surface area (Å²) in [5, 5.41) is 3.75. The van der Waals surface area contributed by atoms with Gasteiger partial charge in [0.15, 0.2) is 0 Å². The van der Waals surface area contributed by atoms with Crippen LogP contribution in [-0.2, 0) is 4.74 Å². The number of hydrogen-bond donors (Lipinski definition) is 1. The van der Waals surface area contributed by atoms with Crippen LogP contribution in [0, 0.1) is 5.41 Å². The van der Waals surface area contributed by atoms with E-state index in [1.807, 2.05) is 0 Å². The highest BCUT2D eigenvalue weighted by molar-refractivity contribution is 4.93. The topological polar surface area (TPSA) is 24.5 Å². The molecule has 112 valence electrons. The van der Waals surface area contributed by atoms with Crippen molar-refractivity contribution in [3.05, 3.63) is 0 Å². The minimum atomic E-state index is 0.321. The van der Waals surface area contributed by atoms with Gasteiger partial charge in [-0.3, -0.25) is 4.90 Å². The first-order valence-corrected chi connectivity index (χ1v) is 8.11. The second kappa shape index (κ2) is 6.55. The van der Waals surface area contributed by atoms with Gasteiger partial charge in [0.25, 0.3) is 0 Å². The average Bonchev–Trinajstić information content (AvgIpc) is 2.81. The molecule has 2 fully saturated rings. The predicted octanol–water partition coefficient (Wildman–Crippen LogP) is 2.65. The fourth-order valence-corrected chi connectivity index (χ4v) is 3.43. The largest absolute Gasteiger partial charge is 0.375 e. The van der Waals surface area contributed by atoms with Gasteiger partial charge in [-0.1, -0.05) is 27.7 Å². The molecule has 19 heavy (non-hydrogen) atoms. The lowest BCUT2D eigenvalue weighted by atomic mass is 9.85. The van der Waals surface area contributed by atoms with E-state index in [9.17, 15) is 0 Å². The van der Waals surface area contributed by atoms with Crippen molar-refractivity contribution in [1.29, 1.82) is 0 Å². The van der Waals surface area contributed by atoms with Crippen LogP contribution in [0.5, 0.6) is 0 Å². The molecule has 1 saturated carbocycles. The molecule has 3 atom stereocenters. The number of hydrogen-bond acceptors (Lipinski definition) is 3. The van der Waals surface area contributed by atoms with Crippen LogP contribution >= 0.6 is 0 Å². The van der Waals surface area contributed by atoms with Crippen LogP contribution in [0.3, 0.4) is 0 Å². The van der Waals surface area contributed by atoms with Crippen molar-refractivity contribution in [2.45, 2.75) is 71.6 Å². The van der Waals surface area contributed by atoms with Crippen molar-refractivity contribution in [1.82, 2.24) is 10.2 Å². The van der Waals surface area contributed by atoms with Crippen LogP contribution in [0.1, 0.15) is 53.4 Å². The van der Waals surface area contributed by atoms with Crippen LogP contribution < -0.4 is 5.32 Å². The third-order valence-corrected chi connectivity index (χ3v) is 4.70. The molecule has 0 aromatic heterocycles. The van der Waals surface area contributed by atoms with Gasteiger partial charge in [0.05, 0.1) is 12.7 Å². The summed E-state index contributed by atoms with van der Waals surface area (Å²) in [6, 6.07) is 1.26. The Morgan fingerprint density at radius 3 is 2.79 bits per heavy atom. The zero-order valence-corrected chi connectivity index (χ0v) is 13.2. The number of rotatable bonds is 5. The molecule has 2 rings (SSSR count). The van der Waals surface area contributed by atoms with Crippen molar-refractivity contribution in [2.24, 2.45) is 5.41 Å². The molecule has 0 aromatic rings. The summed E-state index contributed by atoms with van der Waals surface area (Å²) in [5.74, 6) is 0. The molecular formula is C16H32N2O.